The van der Waals surface area contributed by atoms with Gasteiger partial charge in [-0.3, -0.25) is 0 Å². The summed E-state index contributed by atoms with van der Waals surface area (Å²) in [7, 11) is 1.99. The molecule has 2 saturated carbocycles. The van der Waals surface area contributed by atoms with Crippen LogP contribution in [0.3, 0.4) is 0 Å². The molecule has 2 N–H and O–H groups in total. The Balaban J connectivity index is 1.46. The predicted octanol–water partition coefficient (Wildman–Crippen LogP) is 3.60. The van der Waals surface area contributed by atoms with E-state index < -0.39 is 0 Å². The summed E-state index contributed by atoms with van der Waals surface area (Å²) in [5, 5.41) is 15.7. The summed E-state index contributed by atoms with van der Waals surface area (Å²) in [6, 6.07) is 9.10. The fourth-order valence-corrected chi connectivity index (χ4v) is 4.70. The number of hydrogen-bond donors (Lipinski definition) is 2. The first-order valence-electron chi connectivity index (χ1n) is 10.2. The Morgan fingerprint density at radius 3 is 2.64 bits per heavy atom. The molecule has 2 fully saturated rings. The first-order chi connectivity index (χ1) is 13.6. The minimum Gasteiger partial charge on any atom is -0.355 e. The monoisotopic (exact) mass is 444 g/mol. The molecule has 2 aliphatic rings. The van der Waals surface area contributed by atoms with Gasteiger partial charge in [-0.1, -0.05) is 47.0 Å². The van der Waals surface area contributed by atoms with Crippen molar-refractivity contribution in [1.82, 2.24) is 25.4 Å². The van der Waals surface area contributed by atoms with Crippen LogP contribution >= 0.6 is 15.9 Å². The van der Waals surface area contributed by atoms with E-state index in [1.807, 2.05) is 18.5 Å². The minimum absolute atomic E-state index is 0.208. The lowest BCUT2D eigenvalue weighted by Crippen LogP contribution is -2.45. The summed E-state index contributed by atoms with van der Waals surface area (Å²) in [6.45, 7) is 3.39. The first kappa shape index (κ1) is 19.4. The van der Waals surface area contributed by atoms with Gasteiger partial charge in [-0.25, -0.2) is 4.99 Å². The summed E-state index contributed by atoms with van der Waals surface area (Å²) in [5.41, 5.74) is 1.60. The van der Waals surface area contributed by atoms with Crippen LogP contribution in [0.1, 0.15) is 55.7 Å². The number of rotatable bonds is 6. The van der Waals surface area contributed by atoms with E-state index in [1.165, 1.54) is 48.6 Å². The second-order valence-corrected chi connectivity index (χ2v) is 8.98. The van der Waals surface area contributed by atoms with Crippen molar-refractivity contribution in [2.24, 2.45) is 12.0 Å². The number of aliphatic imine (C=N–C) groups is 1. The number of hydrogen-bond acceptors (Lipinski definition) is 3. The molecule has 7 heteroatoms. The van der Waals surface area contributed by atoms with Crippen molar-refractivity contribution in [1.29, 1.82) is 0 Å². The van der Waals surface area contributed by atoms with Crippen LogP contribution in [0, 0.1) is 6.92 Å². The van der Waals surface area contributed by atoms with Gasteiger partial charge in [0.05, 0.1) is 0 Å². The van der Waals surface area contributed by atoms with Crippen molar-refractivity contribution in [3.8, 4) is 0 Å². The number of guanidine groups is 1. The maximum absolute atomic E-state index is 4.84. The van der Waals surface area contributed by atoms with Gasteiger partial charge < -0.3 is 15.2 Å². The molecule has 0 unspecified atom stereocenters. The molecule has 6 nitrogen and oxygen atoms in total. The standard InChI is InChI=1S/C21H29BrN6/c1-15-26-27-19(28(15)2)13-23-20(25-16-7-3-4-8-16)24-14-21(11-12-21)17-9-5-6-10-18(17)22/h5-6,9-10,16H,3-4,7-8,11-14H2,1-2H3,(H2,23,24,25). The van der Waals surface area contributed by atoms with E-state index in [1.54, 1.807) is 0 Å². The Bertz CT molecular complexity index is 848. The second kappa shape index (κ2) is 8.23. The van der Waals surface area contributed by atoms with Crippen molar-refractivity contribution < 1.29 is 0 Å². The van der Waals surface area contributed by atoms with Gasteiger partial charge in [-0.2, -0.15) is 0 Å². The fraction of sp³-hybridized carbons (Fsp3) is 0.571. The maximum Gasteiger partial charge on any atom is 0.191 e. The SMILES string of the molecule is Cc1nnc(CN=C(NCC2(c3ccccc3Br)CC2)NC2CCCC2)n1C. The zero-order valence-electron chi connectivity index (χ0n) is 16.7. The van der Waals surface area contributed by atoms with Gasteiger partial charge in [0.15, 0.2) is 11.8 Å². The Morgan fingerprint density at radius 2 is 2.00 bits per heavy atom. The Morgan fingerprint density at radius 1 is 1.25 bits per heavy atom. The molecule has 1 aromatic heterocycles. The third-order valence-corrected chi connectivity index (χ3v) is 6.84. The van der Waals surface area contributed by atoms with Crippen molar-refractivity contribution in [2.45, 2.75) is 63.5 Å². The van der Waals surface area contributed by atoms with Crippen molar-refractivity contribution in [3.63, 3.8) is 0 Å². The highest BCUT2D eigenvalue weighted by Crippen LogP contribution is 2.49. The Labute approximate surface area is 175 Å². The number of nitrogens with zero attached hydrogens (tertiary/aromatic N) is 4. The zero-order valence-corrected chi connectivity index (χ0v) is 18.3. The molecule has 2 aliphatic carbocycles. The smallest absolute Gasteiger partial charge is 0.191 e. The molecule has 0 bridgehead atoms. The normalized spacial score (nSPS) is 19.0. The topological polar surface area (TPSA) is 67.1 Å². The van der Waals surface area contributed by atoms with Crippen LogP contribution < -0.4 is 10.6 Å². The highest BCUT2D eigenvalue weighted by molar-refractivity contribution is 9.10. The number of aryl methyl sites for hydroxylation is 1. The van der Waals surface area contributed by atoms with E-state index in [0.717, 1.165) is 24.2 Å². The van der Waals surface area contributed by atoms with Gasteiger partial charge in [0.25, 0.3) is 0 Å². The Kier molecular flexibility index (Phi) is 5.71. The van der Waals surface area contributed by atoms with Crippen LogP contribution in [-0.4, -0.2) is 33.3 Å². The first-order valence-corrected chi connectivity index (χ1v) is 11.0. The largest absolute Gasteiger partial charge is 0.355 e. The number of halogens is 1. The van der Waals surface area contributed by atoms with Crippen molar-refractivity contribution in [2.75, 3.05) is 6.54 Å². The molecule has 0 amide bonds. The van der Waals surface area contributed by atoms with Gasteiger partial charge >= 0.3 is 0 Å². The van der Waals surface area contributed by atoms with E-state index in [0.29, 0.717) is 12.6 Å². The molecule has 1 heterocycles. The molecule has 150 valence electrons. The average molecular weight is 445 g/mol. The Hall–Kier alpha value is -1.89. The molecule has 2 aromatic rings. The quantitative estimate of drug-likeness (QED) is 0.527. The number of aromatic nitrogens is 3. The van der Waals surface area contributed by atoms with E-state index in [2.05, 4.69) is 61.0 Å². The molecule has 0 radical (unpaired) electrons. The summed E-state index contributed by atoms with van der Waals surface area (Å²) < 4.78 is 3.20. The molecule has 4 rings (SSSR count). The molecule has 0 saturated heterocycles. The lowest BCUT2D eigenvalue weighted by molar-refractivity contribution is 0.589. The fourth-order valence-electron chi connectivity index (χ4n) is 3.99. The van der Waals surface area contributed by atoms with Gasteiger partial charge in [-0.05, 0) is 44.2 Å². The molecule has 0 aliphatic heterocycles. The zero-order chi connectivity index (χ0) is 19.6. The number of benzene rings is 1. The van der Waals surface area contributed by atoms with Crippen LogP contribution in [0.5, 0.6) is 0 Å². The number of nitrogens with one attached hydrogen (secondary N) is 2. The van der Waals surface area contributed by atoms with Gasteiger partial charge in [0, 0.05) is 29.5 Å². The second-order valence-electron chi connectivity index (χ2n) is 8.13. The van der Waals surface area contributed by atoms with E-state index in [9.17, 15) is 0 Å². The van der Waals surface area contributed by atoms with E-state index >= 15 is 0 Å². The lowest BCUT2D eigenvalue weighted by Gasteiger charge is -2.22. The minimum atomic E-state index is 0.208. The summed E-state index contributed by atoms with van der Waals surface area (Å²) >= 11 is 3.73. The van der Waals surface area contributed by atoms with Gasteiger partial charge in [0.1, 0.15) is 12.4 Å². The average Bonchev–Trinajstić information content (AvgIpc) is 3.17. The third kappa shape index (κ3) is 4.24. The molecular weight excluding hydrogens is 416 g/mol. The highest BCUT2D eigenvalue weighted by Gasteiger charge is 2.45. The molecule has 0 atom stereocenters. The van der Waals surface area contributed by atoms with Gasteiger partial charge in [-0.15, -0.1) is 10.2 Å². The predicted molar refractivity (Wildman–Crippen MR) is 115 cm³/mol. The van der Waals surface area contributed by atoms with Crippen LogP contribution in [-0.2, 0) is 19.0 Å². The van der Waals surface area contributed by atoms with Gasteiger partial charge in [0.2, 0.25) is 0 Å². The van der Waals surface area contributed by atoms with E-state index in [4.69, 9.17) is 4.99 Å². The maximum atomic E-state index is 4.84. The molecule has 28 heavy (non-hydrogen) atoms. The summed E-state index contributed by atoms with van der Waals surface area (Å²) in [6.07, 6.45) is 7.46. The lowest BCUT2D eigenvalue weighted by atomic mass is 9.96. The molecule has 0 spiro atoms. The summed E-state index contributed by atoms with van der Waals surface area (Å²) in [5.74, 6) is 2.69. The van der Waals surface area contributed by atoms with Crippen LogP contribution in [0.2, 0.25) is 0 Å². The van der Waals surface area contributed by atoms with Crippen LogP contribution in [0.15, 0.2) is 33.7 Å². The molecule has 1 aromatic carbocycles. The third-order valence-electron chi connectivity index (χ3n) is 6.15. The van der Waals surface area contributed by atoms with Crippen molar-refractivity contribution >= 4 is 21.9 Å². The molecular formula is C21H29BrN6. The highest BCUT2D eigenvalue weighted by atomic mass is 79.9. The van der Waals surface area contributed by atoms with Crippen LogP contribution in [0.4, 0.5) is 0 Å². The van der Waals surface area contributed by atoms with Crippen molar-refractivity contribution in [3.05, 3.63) is 46.0 Å². The summed E-state index contributed by atoms with van der Waals surface area (Å²) in [4.78, 5) is 4.84. The van der Waals surface area contributed by atoms with Crippen LogP contribution in [0.25, 0.3) is 0 Å². The van der Waals surface area contributed by atoms with E-state index in [-0.39, 0.29) is 5.41 Å².